The van der Waals surface area contributed by atoms with Crippen molar-refractivity contribution in [2.45, 2.75) is 26.8 Å². The number of hydrogen-bond donors (Lipinski definition) is 1. The summed E-state index contributed by atoms with van der Waals surface area (Å²) in [5, 5.41) is 16.8. The number of halogens is 2. The lowest BCUT2D eigenvalue weighted by atomic mass is 10.1. The molecule has 112 valence electrons. The van der Waals surface area contributed by atoms with Crippen LogP contribution in [-0.2, 0) is 13.0 Å². The summed E-state index contributed by atoms with van der Waals surface area (Å²) in [6, 6.07) is 4.65. The molecule has 0 aliphatic carbocycles. The highest BCUT2D eigenvalue weighted by molar-refractivity contribution is 9.10. The summed E-state index contributed by atoms with van der Waals surface area (Å²) >= 11 is 3.13. The van der Waals surface area contributed by atoms with Crippen molar-refractivity contribution in [1.82, 2.24) is 15.0 Å². The van der Waals surface area contributed by atoms with E-state index in [1.165, 1.54) is 6.07 Å². The van der Waals surface area contributed by atoms with Gasteiger partial charge in [0.05, 0.1) is 16.7 Å². The molecular formula is C14H15BrFN3O2. The van der Waals surface area contributed by atoms with Crippen LogP contribution in [0.25, 0.3) is 0 Å². The summed E-state index contributed by atoms with van der Waals surface area (Å²) in [7, 11) is 0. The van der Waals surface area contributed by atoms with Gasteiger partial charge in [0, 0.05) is 0 Å². The first-order chi connectivity index (χ1) is 9.88. The van der Waals surface area contributed by atoms with Crippen LogP contribution in [0.15, 0.2) is 22.7 Å². The van der Waals surface area contributed by atoms with Crippen LogP contribution in [0.1, 0.15) is 35.6 Å². The molecule has 0 amide bonds. The topological polar surface area (TPSA) is 68.0 Å². The highest BCUT2D eigenvalue weighted by Crippen LogP contribution is 2.19. The van der Waals surface area contributed by atoms with E-state index in [9.17, 15) is 9.18 Å². The molecule has 0 bridgehead atoms. The van der Waals surface area contributed by atoms with Crippen LogP contribution < -0.4 is 0 Å². The van der Waals surface area contributed by atoms with Crippen molar-refractivity contribution in [1.29, 1.82) is 0 Å². The zero-order valence-electron chi connectivity index (χ0n) is 11.7. The SMILES string of the molecule is CC(C)Cc1c(C(=O)O)nnn1Cc1ccc(F)c(Br)c1. The summed E-state index contributed by atoms with van der Waals surface area (Å²) in [6.45, 7) is 4.34. The van der Waals surface area contributed by atoms with Crippen molar-refractivity contribution in [3.8, 4) is 0 Å². The first-order valence-corrected chi connectivity index (χ1v) is 7.27. The molecule has 0 atom stereocenters. The second-order valence-corrected chi connectivity index (χ2v) is 6.05. The third-order valence-corrected chi connectivity index (χ3v) is 3.57. The molecule has 0 saturated heterocycles. The van der Waals surface area contributed by atoms with E-state index in [1.54, 1.807) is 16.8 Å². The van der Waals surface area contributed by atoms with Crippen LogP contribution in [0.3, 0.4) is 0 Å². The van der Waals surface area contributed by atoms with Crippen LogP contribution in [-0.4, -0.2) is 26.1 Å². The van der Waals surface area contributed by atoms with Crippen molar-refractivity contribution in [2.75, 3.05) is 0 Å². The first kappa shape index (κ1) is 15.6. The Morgan fingerprint density at radius 1 is 1.48 bits per heavy atom. The largest absolute Gasteiger partial charge is 0.476 e. The van der Waals surface area contributed by atoms with Crippen molar-refractivity contribution in [3.05, 3.63) is 45.4 Å². The molecule has 1 N–H and O–H groups in total. The van der Waals surface area contributed by atoms with Crippen molar-refractivity contribution >= 4 is 21.9 Å². The molecule has 0 radical (unpaired) electrons. The van der Waals surface area contributed by atoms with E-state index >= 15 is 0 Å². The van der Waals surface area contributed by atoms with Gasteiger partial charge in [0.15, 0.2) is 5.69 Å². The molecule has 5 nitrogen and oxygen atoms in total. The minimum absolute atomic E-state index is 0.0233. The number of carboxylic acid groups (broad SMARTS) is 1. The van der Waals surface area contributed by atoms with Gasteiger partial charge in [0.2, 0.25) is 0 Å². The normalized spacial score (nSPS) is 11.1. The predicted molar refractivity (Wildman–Crippen MR) is 78.7 cm³/mol. The van der Waals surface area contributed by atoms with Crippen LogP contribution in [0, 0.1) is 11.7 Å². The van der Waals surface area contributed by atoms with Crippen LogP contribution in [0.4, 0.5) is 4.39 Å². The number of hydrogen-bond acceptors (Lipinski definition) is 3. The molecule has 0 aliphatic rings. The molecule has 2 rings (SSSR count). The average Bonchev–Trinajstić information content (AvgIpc) is 2.76. The fourth-order valence-electron chi connectivity index (χ4n) is 2.03. The van der Waals surface area contributed by atoms with Crippen molar-refractivity contribution in [3.63, 3.8) is 0 Å². The maximum Gasteiger partial charge on any atom is 0.358 e. The van der Waals surface area contributed by atoms with E-state index in [2.05, 4.69) is 26.2 Å². The number of benzene rings is 1. The van der Waals surface area contributed by atoms with Gasteiger partial charge in [-0.2, -0.15) is 0 Å². The van der Waals surface area contributed by atoms with Crippen LogP contribution >= 0.6 is 15.9 Å². The van der Waals surface area contributed by atoms with E-state index in [0.717, 1.165) is 5.56 Å². The molecule has 2 aromatic rings. The maximum absolute atomic E-state index is 13.2. The van der Waals surface area contributed by atoms with Gasteiger partial charge in [-0.05, 0) is 46.0 Å². The zero-order chi connectivity index (χ0) is 15.6. The zero-order valence-corrected chi connectivity index (χ0v) is 13.3. The quantitative estimate of drug-likeness (QED) is 0.894. The molecule has 21 heavy (non-hydrogen) atoms. The molecule has 0 unspecified atom stereocenters. The summed E-state index contributed by atoms with van der Waals surface area (Å²) in [5.74, 6) is -1.15. The van der Waals surface area contributed by atoms with Gasteiger partial charge in [-0.1, -0.05) is 25.1 Å². The highest BCUT2D eigenvalue weighted by atomic mass is 79.9. The van der Waals surface area contributed by atoms with E-state index in [0.29, 0.717) is 23.1 Å². The predicted octanol–water partition coefficient (Wildman–Crippen LogP) is 3.12. The second kappa shape index (κ2) is 6.34. The summed E-state index contributed by atoms with van der Waals surface area (Å²) in [4.78, 5) is 11.2. The lowest BCUT2D eigenvalue weighted by Gasteiger charge is -2.09. The minimum atomic E-state index is -1.09. The molecule has 1 aromatic heterocycles. The van der Waals surface area contributed by atoms with Crippen molar-refractivity contribution < 1.29 is 14.3 Å². The Balaban J connectivity index is 2.34. The molecule has 1 heterocycles. The molecule has 0 aliphatic heterocycles. The monoisotopic (exact) mass is 355 g/mol. The van der Waals surface area contributed by atoms with E-state index in [4.69, 9.17) is 5.11 Å². The van der Waals surface area contributed by atoms with Gasteiger partial charge in [-0.3, -0.25) is 0 Å². The number of aromatic carboxylic acids is 1. The number of rotatable bonds is 5. The Morgan fingerprint density at radius 2 is 2.19 bits per heavy atom. The molecule has 7 heteroatoms. The van der Waals surface area contributed by atoms with Gasteiger partial charge < -0.3 is 5.11 Å². The van der Waals surface area contributed by atoms with Crippen molar-refractivity contribution in [2.24, 2.45) is 5.92 Å². The summed E-state index contributed by atoms with van der Waals surface area (Å²) in [6.07, 6.45) is 0.566. The third kappa shape index (κ3) is 3.66. The lowest BCUT2D eigenvalue weighted by molar-refractivity contribution is 0.0689. The first-order valence-electron chi connectivity index (χ1n) is 6.48. The maximum atomic E-state index is 13.2. The Hall–Kier alpha value is -1.76. The smallest absolute Gasteiger partial charge is 0.358 e. The molecule has 0 fully saturated rings. The van der Waals surface area contributed by atoms with Gasteiger partial charge in [-0.25, -0.2) is 13.9 Å². The molecular weight excluding hydrogens is 341 g/mol. The van der Waals surface area contributed by atoms with Crippen LogP contribution in [0.5, 0.6) is 0 Å². The van der Waals surface area contributed by atoms with Gasteiger partial charge in [0.1, 0.15) is 5.82 Å². The number of carbonyl (C=O) groups is 1. The molecule has 1 aromatic carbocycles. The Kier molecular flexibility index (Phi) is 4.72. The average molecular weight is 356 g/mol. The Labute approximate surface area is 129 Å². The highest BCUT2D eigenvalue weighted by Gasteiger charge is 2.20. The Bertz CT molecular complexity index is 670. The minimum Gasteiger partial charge on any atom is -0.476 e. The Morgan fingerprint density at radius 3 is 2.76 bits per heavy atom. The number of carboxylic acids is 1. The third-order valence-electron chi connectivity index (χ3n) is 2.96. The van der Waals surface area contributed by atoms with Gasteiger partial charge in [0.25, 0.3) is 0 Å². The van der Waals surface area contributed by atoms with E-state index in [-0.39, 0.29) is 17.4 Å². The lowest BCUT2D eigenvalue weighted by Crippen LogP contribution is -2.12. The van der Waals surface area contributed by atoms with Crippen LogP contribution in [0.2, 0.25) is 0 Å². The fraction of sp³-hybridized carbons (Fsp3) is 0.357. The molecule has 0 spiro atoms. The van der Waals surface area contributed by atoms with E-state index in [1.807, 2.05) is 13.8 Å². The standard InChI is InChI=1S/C14H15BrFN3O2/c1-8(2)5-12-13(14(20)21)17-18-19(12)7-9-3-4-11(16)10(15)6-9/h3-4,6,8H,5,7H2,1-2H3,(H,20,21). The number of aromatic nitrogens is 3. The van der Waals surface area contributed by atoms with Gasteiger partial charge >= 0.3 is 5.97 Å². The second-order valence-electron chi connectivity index (χ2n) is 5.19. The summed E-state index contributed by atoms with van der Waals surface area (Å²) < 4.78 is 15.2. The summed E-state index contributed by atoms with van der Waals surface area (Å²) in [5.41, 5.74) is 1.37. The molecule has 0 saturated carbocycles. The fourth-order valence-corrected chi connectivity index (χ4v) is 2.45. The van der Waals surface area contributed by atoms with Gasteiger partial charge in [-0.15, -0.1) is 5.10 Å². The number of nitrogens with zero attached hydrogens (tertiary/aromatic N) is 3. The van der Waals surface area contributed by atoms with E-state index < -0.39 is 5.97 Å².